The van der Waals surface area contributed by atoms with Crippen molar-refractivity contribution in [2.45, 2.75) is 18.6 Å². The largest absolute Gasteiger partial charge is 0.469 e. The molecule has 0 radical (unpaired) electrons. The second-order valence-corrected chi connectivity index (χ2v) is 6.49. The Balaban J connectivity index is 2.10. The molecule has 5 nitrogen and oxygen atoms in total. The Kier molecular flexibility index (Phi) is 3.72. The van der Waals surface area contributed by atoms with Gasteiger partial charge in [-0.1, -0.05) is 41.1 Å². The van der Waals surface area contributed by atoms with E-state index in [2.05, 4.69) is 21.2 Å². The number of para-hydroxylation sites is 1. The SMILES string of the molecule is COC(=O)[C@@H]1[C@@H](C)[C@@H]2OC(=O)[C@@]1(Nc1ccccc1)C=C2Br. The van der Waals surface area contributed by atoms with Gasteiger partial charge in [0.2, 0.25) is 0 Å². The summed E-state index contributed by atoms with van der Waals surface area (Å²) < 4.78 is 11.2. The summed E-state index contributed by atoms with van der Waals surface area (Å²) in [4.78, 5) is 24.8. The van der Waals surface area contributed by atoms with Gasteiger partial charge in [-0.15, -0.1) is 0 Å². The zero-order valence-electron chi connectivity index (χ0n) is 12.2. The Bertz CT molecular complexity index is 645. The minimum Gasteiger partial charge on any atom is -0.469 e. The van der Waals surface area contributed by atoms with Crippen LogP contribution in [0.25, 0.3) is 0 Å². The van der Waals surface area contributed by atoms with E-state index in [9.17, 15) is 9.59 Å². The molecule has 2 bridgehead atoms. The molecule has 1 N–H and O–H groups in total. The van der Waals surface area contributed by atoms with Gasteiger partial charge in [0.05, 0.1) is 7.11 Å². The monoisotopic (exact) mass is 365 g/mol. The van der Waals surface area contributed by atoms with Crippen LogP contribution in [-0.2, 0) is 19.1 Å². The highest BCUT2D eigenvalue weighted by molar-refractivity contribution is 9.11. The summed E-state index contributed by atoms with van der Waals surface area (Å²) in [7, 11) is 1.33. The van der Waals surface area contributed by atoms with Gasteiger partial charge in [-0.05, 0) is 18.2 Å². The van der Waals surface area contributed by atoms with Crippen molar-refractivity contribution in [1.29, 1.82) is 0 Å². The second kappa shape index (κ2) is 5.43. The van der Waals surface area contributed by atoms with Gasteiger partial charge in [-0.25, -0.2) is 4.79 Å². The molecule has 2 heterocycles. The molecule has 0 aromatic heterocycles. The first-order valence-corrected chi connectivity index (χ1v) is 7.79. The van der Waals surface area contributed by atoms with Gasteiger partial charge in [0.1, 0.15) is 12.0 Å². The average Bonchev–Trinajstić information content (AvgIpc) is 2.50. The van der Waals surface area contributed by atoms with Gasteiger partial charge in [-0.3, -0.25) is 4.79 Å². The van der Waals surface area contributed by atoms with Gasteiger partial charge in [-0.2, -0.15) is 0 Å². The van der Waals surface area contributed by atoms with Crippen molar-refractivity contribution in [3.8, 4) is 0 Å². The van der Waals surface area contributed by atoms with Gasteiger partial charge < -0.3 is 14.8 Å². The topological polar surface area (TPSA) is 64.6 Å². The molecule has 4 atom stereocenters. The van der Waals surface area contributed by atoms with E-state index in [0.717, 1.165) is 10.2 Å². The third-order valence-electron chi connectivity index (χ3n) is 4.28. The number of rotatable bonds is 3. The molecule has 1 aromatic carbocycles. The molecule has 116 valence electrons. The zero-order chi connectivity index (χ0) is 15.9. The van der Waals surface area contributed by atoms with Gasteiger partial charge in [0.15, 0.2) is 5.54 Å². The van der Waals surface area contributed by atoms with Crippen LogP contribution in [0, 0.1) is 11.8 Å². The fraction of sp³-hybridized carbons (Fsp3) is 0.375. The summed E-state index contributed by atoms with van der Waals surface area (Å²) in [5.74, 6) is -1.72. The molecule has 1 fully saturated rings. The lowest BCUT2D eigenvalue weighted by Crippen LogP contribution is -2.66. The number of ether oxygens (including phenoxy) is 2. The highest BCUT2D eigenvalue weighted by atomic mass is 79.9. The molecule has 0 amide bonds. The van der Waals surface area contributed by atoms with Crippen LogP contribution in [0.5, 0.6) is 0 Å². The van der Waals surface area contributed by atoms with E-state index in [4.69, 9.17) is 9.47 Å². The summed E-state index contributed by atoms with van der Waals surface area (Å²) in [6, 6.07) is 9.26. The molecule has 3 aliphatic rings. The van der Waals surface area contributed by atoms with Crippen LogP contribution >= 0.6 is 15.9 Å². The van der Waals surface area contributed by atoms with E-state index in [1.165, 1.54) is 7.11 Å². The molecule has 1 aromatic rings. The van der Waals surface area contributed by atoms with Crippen molar-refractivity contribution in [3.05, 3.63) is 40.9 Å². The van der Waals surface area contributed by atoms with E-state index < -0.39 is 29.5 Å². The van der Waals surface area contributed by atoms with Crippen LogP contribution in [0.2, 0.25) is 0 Å². The number of nitrogens with one attached hydrogen (secondary N) is 1. The van der Waals surface area contributed by atoms with Crippen LogP contribution in [0.1, 0.15) is 6.92 Å². The highest BCUT2D eigenvalue weighted by Gasteiger charge is 2.62. The summed E-state index contributed by atoms with van der Waals surface area (Å²) in [6.45, 7) is 1.88. The van der Waals surface area contributed by atoms with Crippen LogP contribution < -0.4 is 5.32 Å². The predicted octanol–water partition coefficient (Wildman–Crippen LogP) is 2.48. The third kappa shape index (κ3) is 2.13. The molecule has 22 heavy (non-hydrogen) atoms. The Morgan fingerprint density at radius 3 is 2.68 bits per heavy atom. The van der Waals surface area contributed by atoms with Crippen LogP contribution in [0.3, 0.4) is 0 Å². The molecule has 2 aliphatic heterocycles. The molecule has 1 saturated heterocycles. The van der Waals surface area contributed by atoms with Gasteiger partial charge >= 0.3 is 11.9 Å². The molecular weight excluding hydrogens is 350 g/mol. The number of hydrogen-bond acceptors (Lipinski definition) is 5. The van der Waals surface area contributed by atoms with Crippen molar-refractivity contribution in [2.75, 3.05) is 12.4 Å². The van der Waals surface area contributed by atoms with E-state index in [0.29, 0.717) is 0 Å². The van der Waals surface area contributed by atoms with Crippen LogP contribution in [0.15, 0.2) is 40.9 Å². The van der Waals surface area contributed by atoms with Gasteiger partial charge in [0, 0.05) is 16.1 Å². The molecule has 0 spiro atoms. The number of methoxy groups -OCH3 is 1. The first kappa shape index (κ1) is 15.1. The average molecular weight is 366 g/mol. The van der Waals surface area contributed by atoms with Crippen LogP contribution in [-0.4, -0.2) is 30.7 Å². The lowest BCUT2D eigenvalue weighted by atomic mass is 9.67. The summed E-state index contributed by atoms with van der Waals surface area (Å²) in [5.41, 5.74) is -0.529. The summed E-state index contributed by atoms with van der Waals surface area (Å²) in [6.07, 6.45) is 1.29. The van der Waals surface area contributed by atoms with Gasteiger partial charge in [0.25, 0.3) is 0 Å². The second-order valence-electron chi connectivity index (χ2n) is 5.58. The molecule has 4 rings (SSSR count). The normalized spacial score (nSPS) is 33.0. The Morgan fingerprint density at radius 1 is 1.36 bits per heavy atom. The quantitative estimate of drug-likeness (QED) is 0.833. The maximum Gasteiger partial charge on any atom is 0.337 e. The molecule has 6 heteroatoms. The summed E-state index contributed by atoms with van der Waals surface area (Å²) in [5, 5.41) is 3.18. The maximum absolute atomic E-state index is 12.5. The molecule has 0 unspecified atom stereocenters. The number of hydrogen-bond donors (Lipinski definition) is 1. The molecule has 0 saturated carbocycles. The van der Waals surface area contributed by atoms with E-state index in [1.54, 1.807) is 6.08 Å². The number of fused-ring (bicyclic) bond motifs is 2. The first-order chi connectivity index (χ1) is 10.5. The minimum atomic E-state index is -1.26. The number of benzene rings is 1. The molecule has 1 aliphatic carbocycles. The van der Waals surface area contributed by atoms with Crippen molar-refractivity contribution >= 4 is 33.6 Å². The van der Waals surface area contributed by atoms with Crippen LogP contribution in [0.4, 0.5) is 5.69 Å². The van der Waals surface area contributed by atoms with E-state index in [1.807, 2.05) is 37.3 Å². The van der Waals surface area contributed by atoms with E-state index in [-0.39, 0.29) is 5.92 Å². The Morgan fingerprint density at radius 2 is 2.05 bits per heavy atom. The van der Waals surface area contributed by atoms with E-state index >= 15 is 0 Å². The van der Waals surface area contributed by atoms with Crippen molar-refractivity contribution in [2.24, 2.45) is 11.8 Å². The number of carbonyl (C=O) groups excluding carboxylic acids is 2. The predicted molar refractivity (Wildman–Crippen MR) is 84.4 cm³/mol. The van der Waals surface area contributed by atoms with Crippen molar-refractivity contribution < 1.29 is 19.1 Å². The maximum atomic E-state index is 12.5. The summed E-state index contributed by atoms with van der Waals surface area (Å²) >= 11 is 3.45. The van der Waals surface area contributed by atoms with Crippen molar-refractivity contribution in [1.82, 2.24) is 0 Å². The number of esters is 2. The Hall–Kier alpha value is -1.82. The smallest absolute Gasteiger partial charge is 0.337 e. The lowest BCUT2D eigenvalue weighted by molar-refractivity contribution is -0.178. The number of halogens is 1. The minimum absolute atomic E-state index is 0.194. The number of anilines is 1. The highest BCUT2D eigenvalue weighted by Crippen LogP contribution is 2.48. The standard InChI is InChI=1S/C16H16BrNO4/c1-9-12(14(19)21-2)16(18-10-6-4-3-5-7-10)8-11(17)13(9)22-15(16)20/h3-9,12-13,18H,1-2H3/t9-,12+,13+,16-/m1/s1. The molecular formula is C16H16BrNO4. The van der Waals surface area contributed by atoms with Crippen molar-refractivity contribution in [3.63, 3.8) is 0 Å². The Labute approximate surface area is 136 Å². The fourth-order valence-electron chi connectivity index (χ4n) is 3.25. The lowest BCUT2D eigenvalue weighted by Gasteiger charge is -2.50. The zero-order valence-corrected chi connectivity index (χ0v) is 13.8. The fourth-order valence-corrected chi connectivity index (χ4v) is 4.12. The first-order valence-electron chi connectivity index (χ1n) is 7.00. The third-order valence-corrected chi connectivity index (χ3v) is 4.96. The number of carbonyl (C=O) groups is 2.